The van der Waals surface area contributed by atoms with Crippen LogP contribution in [0.3, 0.4) is 0 Å². The van der Waals surface area contributed by atoms with Crippen molar-refractivity contribution < 1.29 is 13.2 Å². The largest absolute Gasteiger partial charge is 0.381 e. The second-order valence-corrected chi connectivity index (χ2v) is 9.66. The summed E-state index contributed by atoms with van der Waals surface area (Å²) in [6, 6.07) is 13.5. The van der Waals surface area contributed by atoms with Gasteiger partial charge in [-0.2, -0.15) is 0 Å². The topological polar surface area (TPSA) is 72.4 Å². The highest BCUT2D eigenvalue weighted by Gasteiger charge is 2.44. The summed E-state index contributed by atoms with van der Waals surface area (Å²) < 4.78 is 29.8. The van der Waals surface area contributed by atoms with Crippen molar-refractivity contribution in [3.05, 3.63) is 54.4 Å². The summed E-state index contributed by atoms with van der Waals surface area (Å²) in [7, 11) is -3.31. The normalized spacial score (nSPS) is 18.5. The van der Waals surface area contributed by atoms with Gasteiger partial charge in [0.1, 0.15) is 12.1 Å². The summed E-state index contributed by atoms with van der Waals surface area (Å²) in [4.78, 5) is 11.4. The zero-order valence-electron chi connectivity index (χ0n) is 15.6. The van der Waals surface area contributed by atoms with Crippen LogP contribution in [-0.2, 0) is 20.0 Å². The molecule has 3 heterocycles. The summed E-state index contributed by atoms with van der Waals surface area (Å²) in [5, 5.41) is 0.754. The molecule has 0 N–H and O–H groups in total. The van der Waals surface area contributed by atoms with Gasteiger partial charge >= 0.3 is 0 Å². The molecule has 0 radical (unpaired) electrons. The Labute approximate surface area is 164 Å². The van der Waals surface area contributed by atoms with E-state index < -0.39 is 9.84 Å². The summed E-state index contributed by atoms with van der Waals surface area (Å²) in [6.07, 6.45) is 4.71. The minimum atomic E-state index is -3.31. The molecule has 1 fully saturated rings. The number of aromatic nitrogens is 2. The molecule has 0 bridgehead atoms. The number of hydrogen-bond acceptors (Lipinski definition) is 6. The number of ether oxygens (including phenoxy) is 1. The van der Waals surface area contributed by atoms with Crippen molar-refractivity contribution in [1.29, 1.82) is 0 Å². The first kappa shape index (κ1) is 17.6. The lowest BCUT2D eigenvalue weighted by molar-refractivity contribution is 0.0558. The minimum absolute atomic E-state index is 0.0422. The Morgan fingerprint density at radius 2 is 1.86 bits per heavy atom. The Balaban J connectivity index is 1.70. The molecule has 1 spiro atoms. The Morgan fingerprint density at radius 3 is 2.64 bits per heavy atom. The van der Waals surface area contributed by atoms with Gasteiger partial charge in [-0.25, -0.2) is 18.4 Å². The van der Waals surface area contributed by atoms with E-state index in [9.17, 15) is 8.42 Å². The fraction of sp³-hybridized carbons (Fsp3) is 0.333. The summed E-state index contributed by atoms with van der Waals surface area (Å²) in [5.74, 6) is 0.756. The molecule has 7 heteroatoms. The molecule has 5 rings (SSSR count). The smallest absolute Gasteiger partial charge is 0.175 e. The highest BCUT2D eigenvalue weighted by Crippen LogP contribution is 2.49. The van der Waals surface area contributed by atoms with Crippen LogP contribution in [0.5, 0.6) is 0 Å². The van der Waals surface area contributed by atoms with Gasteiger partial charge in [-0.3, -0.25) is 0 Å². The quantitative estimate of drug-likeness (QED) is 0.663. The van der Waals surface area contributed by atoms with Crippen molar-refractivity contribution in [3.8, 4) is 0 Å². The highest BCUT2D eigenvalue weighted by molar-refractivity contribution is 7.90. The van der Waals surface area contributed by atoms with Gasteiger partial charge in [-0.1, -0.05) is 18.2 Å². The summed E-state index contributed by atoms with van der Waals surface area (Å²) in [5.41, 5.74) is 3.24. The average Bonchev–Trinajstić information content (AvgIpc) is 3.01. The number of hydrogen-bond donors (Lipinski definition) is 0. The SMILES string of the molecule is CS(=O)(=O)c1ccc2ncnc(N3CC4(CCOCC4)c4ccccc43)c2c1. The van der Waals surface area contributed by atoms with Gasteiger partial charge < -0.3 is 9.64 Å². The second kappa shape index (κ2) is 6.25. The number of benzene rings is 2. The van der Waals surface area contributed by atoms with Crippen molar-refractivity contribution in [1.82, 2.24) is 9.97 Å². The van der Waals surface area contributed by atoms with Crippen LogP contribution in [0.2, 0.25) is 0 Å². The number of sulfone groups is 1. The van der Waals surface area contributed by atoms with E-state index in [0.717, 1.165) is 55.0 Å². The fourth-order valence-electron chi connectivity index (χ4n) is 4.48. The van der Waals surface area contributed by atoms with Gasteiger partial charge in [0.25, 0.3) is 0 Å². The zero-order valence-corrected chi connectivity index (χ0v) is 16.4. The lowest BCUT2D eigenvalue weighted by Gasteiger charge is -2.34. The molecule has 28 heavy (non-hydrogen) atoms. The molecular weight excluding hydrogens is 374 g/mol. The van der Waals surface area contributed by atoms with E-state index in [1.165, 1.54) is 11.8 Å². The molecule has 0 atom stereocenters. The molecule has 0 unspecified atom stereocenters. The first-order chi connectivity index (χ1) is 13.5. The Morgan fingerprint density at radius 1 is 1.07 bits per heavy atom. The highest BCUT2D eigenvalue weighted by atomic mass is 32.2. The summed E-state index contributed by atoms with van der Waals surface area (Å²) >= 11 is 0. The van der Waals surface area contributed by atoms with Crippen LogP contribution in [0.15, 0.2) is 53.7 Å². The molecule has 2 aliphatic heterocycles. The number of fused-ring (bicyclic) bond motifs is 3. The third-order valence-electron chi connectivity index (χ3n) is 5.95. The lowest BCUT2D eigenvalue weighted by Crippen LogP contribution is -2.37. The predicted octanol–water partition coefficient (Wildman–Crippen LogP) is 3.23. The van der Waals surface area contributed by atoms with Crippen molar-refractivity contribution in [2.45, 2.75) is 23.2 Å². The Hall–Kier alpha value is -2.51. The van der Waals surface area contributed by atoms with Gasteiger partial charge in [0.2, 0.25) is 0 Å². The van der Waals surface area contributed by atoms with Gasteiger partial charge in [-0.15, -0.1) is 0 Å². The Bertz CT molecular complexity index is 1170. The van der Waals surface area contributed by atoms with Crippen molar-refractivity contribution >= 4 is 32.2 Å². The molecule has 2 aromatic carbocycles. The number of para-hydroxylation sites is 1. The second-order valence-electron chi connectivity index (χ2n) is 7.64. The summed E-state index contributed by atoms with van der Waals surface area (Å²) in [6.45, 7) is 2.32. The fourth-order valence-corrected chi connectivity index (χ4v) is 5.12. The van der Waals surface area contributed by atoms with Gasteiger partial charge in [0.05, 0.1) is 10.4 Å². The maximum Gasteiger partial charge on any atom is 0.175 e. The number of nitrogens with zero attached hydrogens (tertiary/aromatic N) is 3. The molecule has 1 aromatic heterocycles. The first-order valence-electron chi connectivity index (χ1n) is 9.38. The molecular formula is C21H21N3O3S. The van der Waals surface area contributed by atoms with Crippen LogP contribution in [0.25, 0.3) is 10.9 Å². The van der Waals surface area contributed by atoms with E-state index in [4.69, 9.17) is 4.74 Å². The third kappa shape index (κ3) is 2.69. The number of rotatable bonds is 2. The van der Waals surface area contributed by atoms with Crippen LogP contribution in [-0.4, -0.2) is 44.4 Å². The Kier molecular flexibility index (Phi) is 3.93. The van der Waals surface area contributed by atoms with E-state index in [0.29, 0.717) is 0 Å². The van der Waals surface area contributed by atoms with E-state index in [1.807, 2.05) is 6.07 Å². The predicted molar refractivity (Wildman–Crippen MR) is 108 cm³/mol. The monoisotopic (exact) mass is 395 g/mol. The third-order valence-corrected chi connectivity index (χ3v) is 7.06. The number of anilines is 2. The van der Waals surface area contributed by atoms with Gasteiger partial charge in [0, 0.05) is 42.5 Å². The van der Waals surface area contributed by atoms with Gasteiger partial charge in [0.15, 0.2) is 9.84 Å². The van der Waals surface area contributed by atoms with E-state index in [2.05, 4.69) is 33.1 Å². The van der Waals surface area contributed by atoms with Crippen LogP contribution in [0.1, 0.15) is 18.4 Å². The average molecular weight is 395 g/mol. The molecule has 6 nitrogen and oxygen atoms in total. The van der Waals surface area contributed by atoms with Crippen molar-refractivity contribution in [2.75, 3.05) is 30.9 Å². The lowest BCUT2D eigenvalue weighted by atomic mass is 9.76. The molecule has 0 amide bonds. The van der Waals surface area contributed by atoms with Crippen molar-refractivity contribution in [3.63, 3.8) is 0 Å². The van der Waals surface area contributed by atoms with E-state index >= 15 is 0 Å². The maximum atomic E-state index is 12.1. The van der Waals surface area contributed by atoms with Crippen molar-refractivity contribution in [2.24, 2.45) is 0 Å². The maximum absolute atomic E-state index is 12.1. The van der Waals surface area contributed by atoms with Gasteiger partial charge in [-0.05, 0) is 42.7 Å². The standard InChI is InChI=1S/C21H21N3O3S/c1-28(25,26)15-6-7-18-16(12-15)20(23-14-22-18)24-13-21(8-10-27-11-9-21)17-4-2-3-5-19(17)24/h2-7,12,14H,8-11,13H2,1H3. The first-order valence-corrected chi connectivity index (χ1v) is 11.3. The minimum Gasteiger partial charge on any atom is -0.381 e. The van der Waals surface area contributed by atoms with Crippen LogP contribution in [0.4, 0.5) is 11.5 Å². The molecule has 0 aliphatic carbocycles. The van der Waals surface area contributed by atoms with Crippen LogP contribution in [0, 0.1) is 0 Å². The van der Waals surface area contributed by atoms with E-state index in [1.54, 1.807) is 24.5 Å². The molecule has 0 saturated carbocycles. The molecule has 3 aromatic rings. The zero-order chi connectivity index (χ0) is 19.4. The van der Waals surface area contributed by atoms with Crippen LogP contribution >= 0.6 is 0 Å². The molecule has 2 aliphatic rings. The molecule has 1 saturated heterocycles. The van der Waals surface area contributed by atoms with Crippen LogP contribution < -0.4 is 4.90 Å². The van der Waals surface area contributed by atoms with E-state index in [-0.39, 0.29) is 10.3 Å². The molecule has 144 valence electrons.